The van der Waals surface area contributed by atoms with Crippen LogP contribution in [0.3, 0.4) is 0 Å². The first-order chi connectivity index (χ1) is 9.24. The molecule has 102 valence electrons. The topological polar surface area (TPSA) is 20.3 Å². The molecule has 3 heteroatoms. The zero-order valence-electron chi connectivity index (χ0n) is 11.2. The van der Waals surface area contributed by atoms with Gasteiger partial charge in [-0.1, -0.05) is 18.9 Å². The smallest absolute Gasteiger partial charge is 0.137 e. The van der Waals surface area contributed by atoms with Gasteiger partial charge in [-0.25, -0.2) is 4.39 Å². The molecule has 1 aliphatic carbocycles. The van der Waals surface area contributed by atoms with Crippen LogP contribution in [0.25, 0.3) is 0 Å². The second-order valence-corrected chi connectivity index (χ2v) is 5.73. The number of rotatable bonds is 2. The van der Waals surface area contributed by atoms with E-state index in [1.54, 1.807) is 6.07 Å². The van der Waals surface area contributed by atoms with Gasteiger partial charge in [0.2, 0.25) is 0 Å². The summed E-state index contributed by atoms with van der Waals surface area (Å²) in [6.07, 6.45) is 6.07. The molecule has 0 spiro atoms. The standard InChI is InChI=1S/C16H20FNO/c17-14-7-6-12-8-9-18(15(12)10-14)11-13-4-2-1-3-5-16(13)19/h6-7,10,13H,1-5,8-9,11H2. The highest BCUT2D eigenvalue weighted by molar-refractivity contribution is 5.82. The zero-order valence-corrected chi connectivity index (χ0v) is 11.2. The molecule has 0 amide bonds. The molecule has 1 aromatic carbocycles. The van der Waals surface area contributed by atoms with Gasteiger partial charge in [-0.3, -0.25) is 4.79 Å². The lowest BCUT2D eigenvalue weighted by molar-refractivity contribution is -0.122. The summed E-state index contributed by atoms with van der Waals surface area (Å²) in [5.74, 6) is 0.372. The number of ketones is 1. The van der Waals surface area contributed by atoms with Crippen molar-refractivity contribution in [2.24, 2.45) is 5.92 Å². The number of hydrogen-bond donors (Lipinski definition) is 0. The molecule has 2 aliphatic rings. The van der Waals surface area contributed by atoms with Crippen LogP contribution in [-0.4, -0.2) is 18.9 Å². The minimum atomic E-state index is -0.183. The highest BCUT2D eigenvalue weighted by Gasteiger charge is 2.27. The van der Waals surface area contributed by atoms with E-state index in [0.29, 0.717) is 5.78 Å². The lowest BCUT2D eigenvalue weighted by atomic mass is 9.98. The van der Waals surface area contributed by atoms with Crippen molar-refractivity contribution < 1.29 is 9.18 Å². The van der Waals surface area contributed by atoms with Crippen molar-refractivity contribution in [3.8, 4) is 0 Å². The Labute approximate surface area is 113 Å². The van der Waals surface area contributed by atoms with Gasteiger partial charge in [0.15, 0.2) is 0 Å². The number of benzene rings is 1. The third-order valence-electron chi connectivity index (χ3n) is 4.41. The lowest BCUT2D eigenvalue weighted by Crippen LogP contribution is -2.31. The minimum absolute atomic E-state index is 0.150. The van der Waals surface area contributed by atoms with E-state index in [1.165, 1.54) is 18.1 Å². The van der Waals surface area contributed by atoms with Gasteiger partial charge in [0.25, 0.3) is 0 Å². The number of Topliss-reactive ketones (excluding diaryl/α,β-unsaturated/α-hetero) is 1. The maximum atomic E-state index is 13.4. The van der Waals surface area contributed by atoms with E-state index in [4.69, 9.17) is 0 Å². The highest BCUT2D eigenvalue weighted by Crippen LogP contribution is 2.31. The third kappa shape index (κ3) is 2.65. The fraction of sp³-hybridized carbons (Fsp3) is 0.562. The Morgan fingerprint density at radius 1 is 1.21 bits per heavy atom. The fourth-order valence-corrected chi connectivity index (χ4v) is 3.30. The number of anilines is 1. The summed E-state index contributed by atoms with van der Waals surface area (Å²) < 4.78 is 13.4. The second-order valence-electron chi connectivity index (χ2n) is 5.73. The number of halogens is 1. The van der Waals surface area contributed by atoms with Crippen molar-refractivity contribution >= 4 is 11.5 Å². The van der Waals surface area contributed by atoms with Crippen LogP contribution >= 0.6 is 0 Å². The van der Waals surface area contributed by atoms with Gasteiger partial charge in [-0.05, 0) is 37.0 Å². The normalized spacial score (nSPS) is 23.3. The molecule has 19 heavy (non-hydrogen) atoms. The fourth-order valence-electron chi connectivity index (χ4n) is 3.30. The number of carbonyl (C=O) groups is 1. The predicted octanol–water partition coefficient (Wildman–Crippen LogP) is 3.34. The van der Waals surface area contributed by atoms with Gasteiger partial charge in [0.1, 0.15) is 11.6 Å². The molecule has 3 rings (SSSR count). The molecular weight excluding hydrogens is 241 g/mol. The van der Waals surface area contributed by atoms with Gasteiger partial charge in [0.05, 0.1) is 0 Å². The van der Waals surface area contributed by atoms with Crippen LogP contribution in [-0.2, 0) is 11.2 Å². The molecule has 1 fully saturated rings. The molecule has 2 nitrogen and oxygen atoms in total. The van der Waals surface area contributed by atoms with E-state index in [1.807, 2.05) is 6.07 Å². The Hall–Kier alpha value is -1.38. The van der Waals surface area contributed by atoms with Crippen molar-refractivity contribution in [3.63, 3.8) is 0 Å². The molecule has 1 saturated carbocycles. The second kappa shape index (κ2) is 5.32. The SMILES string of the molecule is O=C1CCCCCC1CN1CCc2ccc(F)cc21. The molecule has 0 bridgehead atoms. The first kappa shape index (κ1) is 12.6. The van der Waals surface area contributed by atoms with Gasteiger partial charge in [-0.2, -0.15) is 0 Å². The molecule has 0 aromatic heterocycles. The third-order valence-corrected chi connectivity index (χ3v) is 4.41. The Balaban J connectivity index is 1.75. The maximum Gasteiger partial charge on any atom is 0.137 e. The van der Waals surface area contributed by atoms with E-state index in [2.05, 4.69) is 4.90 Å². The zero-order chi connectivity index (χ0) is 13.2. The van der Waals surface area contributed by atoms with Crippen LogP contribution in [0.5, 0.6) is 0 Å². The Morgan fingerprint density at radius 3 is 3.00 bits per heavy atom. The van der Waals surface area contributed by atoms with Crippen LogP contribution < -0.4 is 4.90 Å². The quantitative estimate of drug-likeness (QED) is 0.761. The number of carbonyl (C=O) groups excluding carboxylic acids is 1. The summed E-state index contributed by atoms with van der Waals surface area (Å²) >= 11 is 0. The largest absolute Gasteiger partial charge is 0.370 e. The summed E-state index contributed by atoms with van der Waals surface area (Å²) in [6.45, 7) is 1.69. The molecule has 0 radical (unpaired) electrons. The van der Waals surface area contributed by atoms with Gasteiger partial charge in [-0.15, -0.1) is 0 Å². The van der Waals surface area contributed by atoms with Crippen molar-refractivity contribution in [2.75, 3.05) is 18.0 Å². The minimum Gasteiger partial charge on any atom is -0.370 e. The Bertz CT molecular complexity index is 486. The van der Waals surface area contributed by atoms with Crippen LogP contribution in [0, 0.1) is 11.7 Å². The molecule has 1 aliphatic heterocycles. The van der Waals surface area contributed by atoms with Crippen molar-refractivity contribution in [1.29, 1.82) is 0 Å². The van der Waals surface area contributed by atoms with E-state index in [-0.39, 0.29) is 11.7 Å². The molecule has 1 heterocycles. The van der Waals surface area contributed by atoms with Gasteiger partial charge in [0, 0.05) is 31.1 Å². The average Bonchev–Trinajstić information content (AvgIpc) is 2.67. The summed E-state index contributed by atoms with van der Waals surface area (Å²) in [5.41, 5.74) is 2.21. The van der Waals surface area contributed by atoms with E-state index in [9.17, 15) is 9.18 Å². The first-order valence-corrected chi connectivity index (χ1v) is 7.30. The summed E-state index contributed by atoms with van der Waals surface area (Å²) in [4.78, 5) is 14.3. The Kier molecular flexibility index (Phi) is 3.54. The molecular formula is C16H20FNO. The molecule has 0 saturated heterocycles. The van der Waals surface area contributed by atoms with E-state index in [0.717, 1.165) is 50.9 Å². The lowest BCUT2D eigenvalue weighted by Gasteiger charge is -2.24. The summed E-state index contributed by atoms with van der Waals surface area (Å²) in [7, 11) is 0. The van der Waals surface area contributed by atoms with E-state index >= 15 is 0 Å². The summed E-state index contributed by atoms with van der Waals surface area (Å²) in [5, 5.41) is 0. The van der Waals surface area contributed by atoms with Crippen molar-refractivity contribution in [2.45, 2.75) is 38.5 Å². The first-order valence-electron chi connectivity index (χ1n) is 7.30. The predicted molar refractivity (Wildman–Crippen MR) is 73.9 cm³/mol. The van der Waals surface area contributed by atoms with Crippen LogP contribution in [0.15, 0.2) is 18.2 Å². The molecule has 1 aromatic rings. The molecule has 1 atom stereocenters. The molecule has 0 N–H and O–H groups in total. The van der Waals surface area contributed by atoms with Crippen LogP contribution in [0.1, 0.15) is 37.7 Å². The van der Waals surface area contributed by atoms with Crippen LogP contribution in [0.2, 0.25) is 0 Å². The Morgan fingerprint density at radius 2 is 2.11 bits per heavy atom. The molecule has 1 unspecified atom stereocenters. The number of fused-ring (bicyclic) bond motifs is 1. The number of nitrogens with zero attached hydrogens (tertiary/aromatic N) is 1. The highest BCUT2D eigenvalue weighted by atomic mass is 19.1. The van der Waals surface area contributed by atoms with Crippen molar-refractivity contribution in [1.82, 2.24) is 0 Å². The van der Waals surface area contributed by atoms with Gasteiger partial charge < -0.3 is 4.90 Å². The number of hydrogen-bond acceptors (Lipinski definition) is 2. The van der Waals surface area contributed by atoms with Gasteiger partial charge >= 0.3 is 0 Å². The van der Waals surface area contributed by atoms with Crippen molar-refractivity contribution in [3.05, 3.63) is 29.6 Å². The average molecular weight is 261 g/mol. The maximum absolute atomic E-state index is 13.4. The van der Waals surface area contributed by atoms with E-state index < -0.39 is 0 Å². The van der Waals surface area contributed by atoms with Crippen LogP contribution in [0.4, 0.5) is 10.1 Å². The summed E-state index contributed by atoms with van der Waals surface area (Å²) in [6, 6.07) is 5.02. The monoisotopic (exact) mass is 261 g/mol.